The summed E-state index contributed by atoms with van der Waals surface area (Å²) < 4.78 is 7.72. The van der Waals surface area contributed by atoms with E-state index in [1.807, 2.05) is 10.9 Å². The molecule has 3 heterocycles. The van der Waals surface area contributed by atoms with Gasteiger partial charge in [-0.1, -0.05) is 18.2 Å². The largest absolute Gasteiger partial charge is 0.376 e. The van der Waals surface area contributed by atoms with E-state index in [1.54, 1.807) is 0 Å². The first-order valence-corrected chi connectivity index (χ1v) is 9.07. The van der Waals surface area contributed by atoms with Crippen molar-refractivity contribution in [1.82, 2.24) is 15.0 Å². The van der Waals surface area contributed by atoms with Crippen molar-refractivity contribution in [3.8, 4) is 11.3 Å². The maximum absolute atomic E-state index is 5.80. The van der Waals surface area contributed by atoms with Crippen LogP contribution >= 0.6 is 0 Å². The number of benzene rings is 1. The van der Waals surface area contributed by atoms with Crippen LogP contribution in [0.5, 0.6) is 0 Å². The third-order valence-corrected chi connectivity index (χ3v) is 5.12. The lowest BCUT2D eigenvalue weighted by Gasteiger charge is -2.39. The van der Waals surface area contributed by atoms with E-state index in [4.69, 9.17) is 4.74 Å². The molecule has 0 aliphatic carbocycles. The first-order valence-electron chi connectivity index (χ1n) is 9.07. The van der Waals surface area contributed by atoms with Crippen LogP contribution in [0.3, 0.4) is 0 Å². The van der Waals surface area contributed by atoms with E-state index in [1.165, 1.54) is 29.7 Å². The summed E-state index contributed by atoms with van der Waals surface area (Å²) in [6.07, 6.45) is 5.88. The van der Waals surface area contributed by atoms with Gasteiger partial charge in [0.15, 0.2) is 0 Å². The van der Waals surface area contributed by atoms with E-state index in [9.17, 15) is 0 Å². The number of aryl methyl sites for hydroxylation is 1. The van der Waals surface area contributed by atoms with Crippen LogP contribution < -0.4 is 4.90 Å². The molecular formula is C19H26N4O. The van der Waals surface area contributed by atoms with Crippen molar-refractivity contribution in [3.05, 3.63) is 30.0 Å². The van der Waals surface area contributed by atoms with Gasteiger partial charge in [-0.25, -0.2) is 4.68 Å². The Bertz CT molecular complexity index is 699. The average Bonchev–Trinajstić information content (AvgIpc) is 3.01. The zero-order chi connectivity index (χ0) is 16.5. The molecule has 4 rings (SSSR count). The standard InChI is InChI=1S/C19H26N4O/c1-14-10-22(11-14)16-6-7-18(15(2)9-16)19-13-23(21-20-19)12-17-5-3-4-8-24-17/h6-7,9,13-14,17H,3-5,8,10-12H2,1-2H3/t17-/m1/s1. The molecule has 1 aromatic heterocycles. The highest BCUT2D eigenvalue weighted by Crippen LogP contribution is 2.29. The van der Waals surface area contributed by atoms with Gasteiger partial charge in [-0.15, -0.1) is 5.10 Å². The SMILES string of the molecule is Cc1cc(N2CC(C)C2)ccc1-c1cn(C[C@H]2CCCCO2)nn1. The van der Waals surface area contributed by atoms with Gasteiger partial charge in [0, 0.05) is 30.9 Å². The number of anilines is 1. The molecule has 2 fully saturated rings. The van der Waals surface area contributed by atoms with Crippen LogP contribution in [0.4, 0.5) is 5.69 Å². The van der Waals surface area contributed by atoms with Gasteiger partial charge in [-0.2, -0.15) is 0 Å². The Labute approximate surface area is 143 Å². The molecule has 2 aliphatic rings. The second-order valence-corrected chi connectivity index (χ2v) is 7.32. The summed E-state index contributed by atoms with van der Waals surface area (Å²) in [6, 6.07) is 6.65. The number of nitrogens with zero attached hydrogens (tertiary/aromatic N) is 4. The predicted octanol–water partition coefficient (Wildman–Crippen LogP) is 3.28. The van der Waals surface area contributed by atoms with Gasteiger partial charge in [0.2, 0.25) is 0 Å². The second kappa shape index (κ2) is 6.55. The van der Waals surface area contributed by atoms with Gasteiger partial charge in [-0.05, 0) is 49.8 Å². The zero-order valence-corrected chi connectivity index (χ0v) is 14.6. The number of hydrogen-bond acceptors (Lipinski definition) is 4. The summed E-state index contributed by atoms with van der Waals surface area (Å²) in [5.41, 5.74) is 4.69. The molecule has 5 heteroatoms. The second-order valence-electron chi connectivity index (χ2n) is 7.32. The fourth-order valence-corrected chi connectivity index (χ4v) is 3.71. The molecule has 2 aromatic rings. The fourth-order valence-electron chi connectivity index (χ4n) is 3.71. The first-order chi connectivity index (χ1) is 11.7. The molecule has 0 amide bonds. The van der Waals surface area contributed by atoms with Crippen molar-refractivity contribution in [2.24, 2.45) is 5.92 Å². The Kier molecular flexibility index (Phi) is 4.27. The van der Waals surface area contributed by atoms with Crippen molar-refractivity contribution >= 4 is 5.69 Å². The minimum absolute atomic E-state index is 0.283. The Morgan fingerprint density at radius 3 is 2.83 bits per heavy atom. The van der Waals surface area contributed by atoms with Crippen LogP contribution in [0.25, 0.3) is 11.3 Å². The van der Waals surface area contributed by atoms with E-state index in [0.29, 0.717) is 0 Å². The Morgan fingerprint density at radius 2 is 2.12 bits per heavy atom. The molecule has 0 radical (unpaired) electrons. The minimum atomic E-state index is 0.283. The molecule has 2 saturated heterocycles. The summed E-state index contributed by atoms with van der Waals surface area (Å²) in [6.45, 7) is 8.46. The van der Waals surface area contributed by atoms with Gasteiger partial charge >= 0.3 is 0 Å². The number of rotatable bonds is 4. The quantitative estimate of drug-likeness (QED) is 0.865. The molecule has 5 nitrogen and oxygen atoms in total. The summed E-state index contributed by atoms with van der Waals surface area (Å²) in [7, 11) is 0. The molecule has 1 atom stereocenters. The number of hydrogen-bond donors (Lipinski definition) is 0. The molecule has 0 saturated carbocycles. The van der Waals surface area contributed by atoms with Crippen molar-refractivity contribution in [1.29, 1.82) is 0 Å². The van der Waals surface area contributed by atoms with Crippen molar-refractivity contribution < 1.29 is 4.74 Å². The number of ether oxygens (including phenoxy) is 1. The molecule has 24 heavy (non-hydrogen) atoms. The van der Waals surface area contributed by atoms with E-state index in [-0.39, 0.29) is 6.10 Å². The third kappa shape index (κ3) is 3.18. The normalized spacial score (nSPS) is 21.8. The lowest BCUT2D eigenvalue weighted by molar-refractivity contribution is 0.00370. The predicted molar refractivity (Wildman–Crippen MR) is 95.2 cm³/mol. The van der Waals surface area contributed by atoms with Gasteiger partial charge < -0.3 is 9.64 Å². The summed E-state index contributed by atoms with van der Waals surface area (Å²) in [4.78, 5) is 2.43. The Morgan fingerprint density at radius 1 is 1.25 bits per heavy atom. The van der Waals surface area contributed by atoms with E-state index < -0.39 is 0 Å². The zero-order valence-electron chi connectivity index (χ0n) is 14.6. The molecule has 1 aromatic carbocycles. The van der Waals surface area contributed by atoms with Crippen molar-refractivity contribution in [2.75, 3.05) is 24.6 Å². The average molecular weight is 326 g/mol. The van der Waals surface area contributed by atoms with Gasteiger partial charge in [-0.3, -0.25) is 0 Å². The maximum atomic E-state index is 5.80. The summed E-state index contributed by atoms with van der Waals surface area (Å²) in [5, 5.41) is 8.68. The Balaban J connectivity index is 1.47. The van der Waals surface area contributed by atoms with Gasteiger partial charge in [0.05, 0.1) is 18.8 Å². The van der Waals surface area contributed by atoms with Crippen LogP contribution in [0.1, 0.15) is 31.7 Å². The van der Waals surface area contributed by atoms with Crippen molar-refractivity contribution in [3.63, 3.8) is 0 Å². The highest BCUT2D eigenvalue weighted by atomic mass is 16.5. The first kappa shape index (κ1) is 15.6. The smallest absolute Gasteiger partial charge is 0.113 e. The van der Waals surface area contributed by atoms with Crippen LogP contribution in [0.2, 0.25) is 0 Å². The molecule has 0 unspecified atom stereocenters. The third-order valence-electron chi connectivity index (χ3n) is 5.12. The van der Waals surface area contributed by atoms with Crippen molar-refractivity contribution in [2.45, 2.75) is 45.8 Å². The highest BCUT2D eigenvalue weighted by Gasteiger charge is 2.23. The van der Waals surface area contributed by atoms with E-state index in [0.717, 1.165) is 44.3 Å². The fraction of sp³-hybridized carbons (Fsp3) is 0.579. The van der Waals surface area contributed by atoms with Crippen LogP contribution in [0.15, 0.2) is 24.4 Å². The summed E-state index contributed by atoms with van der Waals surface area (Å²) >= 11 is 0. The van der Waals surface area contributed by atoms with E-state index in [2.05, 4.69) is 47.3 Å². The van der Waals surface area contributed by atoms with E-state index >= 15 is 0 Å². The van der Waals surface area contributed by atoms with Crippen LogP contribution in [0, 0.1) is 12.8 Å². The topological polar surface area (TPSA) is 43.2 Å². The lowest BCUT2D eigenvalue weighted by atomic mass is 9.99. The monoisotopic (exact) mass is 326 g/mol. The molecule has 128 valence electrons. The van der Waals surface area contributed by atoms with Crippen LogP contribution in [-0.4, -0.2) is 40.8 Å². The van der Waals surface area contributed by atoms with Gasteiger partial charge in [0.25, 0.3) is 0 Å². The van der Waals surface area contributed by atoms with Gasteiger partial charge in [0.1, 0.15) is 5.69 Å². The maximum Gasteiger partial charge on any atom is 0.113 e. The molecule has 0 bridgehead atoms. The highest BCUT2D eigenvalue weighted by molar-refractivity contribution is 5.67. The lowest BCUT2D eigenvalue weighted by Crippen LogP contribution is -2.45. The minimum Gasteiger partial charge on any atom is -0.376 e. The molecule has 0 N–H and O–H groups in total. The van der Waals surface area contributed by atoms with Crippen LogP contribution in [-0.2, 0) is 11.3 Å². The molecular weight excluding hydrogens is 300 g/mol. The summed E-state index contributed by atoms with van der Waals surface area (Å²) in [5.74, 6) is 0.812. The molecule has 2 aliphatic heterocycles. The number of aromatic nitrogens is 3. The Hall–Kier alpha value is -1.88. The molecule has 0 spiro atoms.